The topological polar surface area (TPSA) is 155 Å². The summed E-state index contributed by atoms with van der Waals surface area (Å²) in [7, 11) is 1.72. The number of piperidine rings is 1. The molecule has 4 atom stereocenters. The first kappa shape index (κ1) is 59.6. The molecule has 81 heavy (non-hydrogen) atoms. The van der Waals surface area contributed by atoms with E-state index in [0.717, 1.165) is 104 Å². The minimum atomic E-state index is -0.961. The molecule has 13 nitrogen and oxygen atoms in total. The fourth-order valence-corrected chi connectivity index (χ4v) is 11.5. The second kappa shape index (κ2) is 28.2. The predicted octanol–water partition coefficient (Wildman–Crippen LogP) is 12.9. The van der Waals surface area contributed by atoms with Crippen molar-refractivity contribution >= 4 is 67.8 Å². The molecule has 8 aromatic rings. The van der Waals surface area contributed by atoms with Crippen LogP contribution in [0.15, 0.2) is 121 Å². The van der Waals surface area contributed by atoms with Gasteiger partial charge in [0.1, 0.15) is 41.3 Å². The number of aliphatic carboxylic acids is 1. The largest absolute Gasteiger partial charge is 0.494 e. The summed E-state index contributed by atoms with van der Waals surface area (Å²) in [6.07, 6.45) is 12.5. The van der Waals surface area contributed by atoms with Gasteiger partial charge in [0.25, 0.3) is 0 Å². The number of unbranched alkanes of at least 4 members (excludes halogenated alkanes) is 2. The molecule has 0 radical (unpaired) electrons. The Morgan fingerprint density at radius 3 is 1.91 bits per heavy atom. The van der Waals surface area contributed by atoms with Crippen molar-refractivity contribution in [2.45, 2.75) is 162 Å². The second-order valence-corrected chi connectivity index (χ2v) is 23.3. The molecule has 428 valence electrons. The van der Waals surface area contributed by atoms with Gasteiger partial charge in [-0.05, 0) is 135 Å². The first-order valence-electron chi connectivity index (χ1n) is 29.6. The lowest BCUT2D eigenvalue weighted by atomic mass is 9.93. The van der Waals surface area contributed by atoms with Crippen molar-refractivity contribution in [3.63, 3.8) is 0 Å². The van der Waals surface area contributed by atoms with Crippen LogP contribution in [-0.2, 0) is 40.3 Å². The lowest BCUT2D eigenvalue weighted by molar-refractivity contribution is -0.462. The highest BCUT2D eigenvalue weighted by Crippen LogP contribution is 2.33. The highest BCUT2D eigenvalue weighted by Gasteiger charge is 2.30. The van der Waals surface area contributed by atoms with Crippen LogP contribution in [0.3, 0.4) is 0 Å². The Bertz CT molecular complexity index is 3430. The molecule has 6 aromatic carbocycles. The van der Waals surface area contributed by atoms with Crippen molar-refractivity contribution in [1.82, 2.24) is 29.3 Å². The minimum absolute atomic E-state index is 0.161. The van der Waals surface area contributed by atoms with Crippen LogP contribution in [0.1, 0.15) is 146 Å². The van der Waals surface area contributed by atoms with Crippen LogP contribution >= 0.6 is 0 Å². The van der Waals surface area contributed by atoms with E-state index in [1.807, 2.05) is 48.5 Å². The number of hydrogen-bond acceptors (Lipinski definition) is 7. The maximum atomic E-state index is 13.4. The van der Waals surface area contributed by atoms with Gasteiger partial charge in [-0.25, -0.2) is 14.8 Å². The minimum Gasteiger partial charge on any atom is -0.494 e. The van der Waals surface area contributed by atoms with Gasteiger partial charge in [-0.3, -0.25) is 14.6 Å². The highest BCUT2D eigenvalue weighted by molar-refractivity contribution is 5.85. The van der Waals surface area contributed by atoms with Crippen molar-refractivity contribution in [2.24, 2.45) is 5.92 Å². The number of amides is 2. The van der Waals surface area contributed by atoms with Crippen molar-refractivity contribution < 1.29 is 34.0 Å². The molecule has 2 amide bonds. The van der Waals surface area contributed by atoms with Gasteiger partial charge >= 0.3 is 12.1 Å². The summed E-state index contributed by atoms with van der Waals surface area (Å²) in [5, 5.41) is 16.5. The Balaban J connectivity index is 0.000000167. The van der Waals surface area contributed by atoms with Gasteiger partial charge in [-0.2, -0.15) is 0 Å². The van der Waals surface area contributed by atoms with Gasteiger partial charge < -0.3 is 33.9 Å². The number of fused-ring (bicyclic) bond motifs is 4. The number of methoxy groups -OCH3 is 1. The Hall–Kier alpha value is -7.54. The molecular weight excluding hydrogens is 1010 g/mol. The number of aromatic nitrogens is 4. The van der Waals surface area contributed by atoms with Gasteiger partial charge in [0.05, 0.1) is 36.0 Å². The number of carboxylic acid groups (broad SMARTS) is 1. The van der Waals surface area contributed by atoms with Crippen molar-refractivity contribution in [1.29, 1.82) is 0 Å². The quantitative estimate of drug-likeness (QED) is 0.0767. The molecule has 4 heterocycles. The number of nitrogens with one attached hydrogen (secondary N) is 2. The first-order chi connectivity index (χ1) is 39.1. The summed E-state index contributed by atoms with van der Waals surface area (Å²) in [5.74, 6) is 3.71. The second-order valence-electron chi connectivity index (χ2n) is 23.3. The summed E-state index contributed by atoms with van der Waals surface area (Å²) in [4.78, 5) is 52.0. The number of likely N-dealkylation sites (tertiary alicyclic amines) is 1. The summed E-state index contributed by atoms with van der Waals surface area (Å²) in [5.41, 5.74) is 7.45. The zero-order valence-electron chi connectivity index (χ0n) is 49.2. The zero-order chi connectivity index (χ0) is 57.5. The van der Waals surface area contributed by atoms with Crippen molar-refractivity contribution in [3.05, 3.63) is 150 Å². The summed E-state index contributed by atoms with van der Waals surface area (Å²) in [6, 6.07) is 41.3. The van der Waals surface area contributed by atoms with E-state index in [1.165, 1.54) is 63.8 Å². The monoisotopic (exact) mass is 1100 g/mol. The third-order valence-electron chi connectivity index (χ3n) is 15.5. The van der Waals surface area contributed by atoms with Crippen LogP contribution in [-0.4, -0.2) is 91.7 Å². The fraction of sp³-hybridized carbons (Fsp3) is 0.441. The van der Waals surface area contributed by atoms with Gasteiger partial charge in [0, 0.05) is 51.0 Å². The van der Waals surface area contributed by atoms with Crippen LogP contribution in [0.4, 0.5) is 4.79 Å². The van der Waals surface area contributed by atoms with Crippen LogP contribution in [0.5, 0.6) is 5.75 Å². The van der Waals surface area contributed by atoms with E-state index >= 15 is 0 Å². The van der Waals surface area contributed by atoms with E-state index in [-0.39, 0.29) is 6.42 Å². The molecule has 0 unspecified atom stereocenters. The molecule has 1 saturated heterocycles. The SMILES string of the molecule is CC(C)(C)OC(=O)N[C@@H](CC(=O)O)Cc1ccc2ccccc2c1.CCCCn1c([C@@H]2CCC=[NH+]C2)nc2c(OC)cccc21.CCCCn1c([C@@H]2CCCN(C(=O)C[C@H](C)Cc3ccc4ccccc4c3)C2)nc2c(C)cccc21. The summed E-state index contributed by atoms with van der Waals surface area (Å²) >= 11 is 0. The molecule has 0 spiro atoms. The number of carbonyl (C=O) groups excluding carboxylic acids is 2. The number of benzene rings is 6. The smallest absolute Gasteiger partial charge is 0.407 e. The molecular formula is C68H86N7O6+. The number of carboxylic acids is 1. The number of hydrogen-bond donors (Lipinski definition) is 3. The standard InChI is InChI=1S/C32H39N3O.C19H23NO4.C17H23N3O/c1-4-5-18-35-29-14-8-10-24(3)31(29)33-32(35)28-13-9-17-34(22-28)30(36)20-23(2)19-25-15-16-26-11-6-7-12-27(26)21-25;1-19(2,3)24-18(23)20-16(12-17(21)22)11-13-8-9-14-6-4-5-7-15(14)10-13;1-3-4-11-20-14-8-5-9-15(21-2)16(14)19-17(20)13-7-6-10-18-12-13/h6-8,10-12,14-16,21,23,28H,4-5,9,13,17-20,22H2,1-3H3;4-10,16H,11-12H2,1-3H3,(H,20,23)(H,21,22);5,8-10,13H,3-4,6-7,11-12H2,1-2H3/p+1/t23-,28-;16-;13-/m111/s1. The molecule has 2 aliphatic rings. The fourth-order valence-electron chi connectivity index (χ4n) is 11.5. The van der Waals surface area contributed by atoms with Crippen LogP contribution in [0, 0.1) is 12.8 Å². The molecule has 3 N–H and O–H groups in total. The highest BCUT2D eigenvalue weighted by atomic mass is 16.6. The van der Waals surface area contributed by atoms with E-state index < -0.39 is 23.7 Å². The van der Waals surface area contributed by atoms with E-state index in [0.29, 0.717) is 36.5 Å². The summed E-state index contributed by atoms with van der Waals surface area (Å²) in [6.45, 7) is 18.8. The molecule has 10 rings (SSSR count). The van der Waals surface area contributed by atoms with E-state index in [4.69, 9.17) is 24.5 Å². The average Bonchev–Trinajstić information content (AvgIpc) is 4.15. The van der Waals surface area contributed by atoms with Crippen LogP contribution in [0.25, 0.3) is 43.6 Å². The van der Waals surface area contributed by atoms with Crippen LogP contribution in [0.2, 0.25) is 0 Å². The normalized spacial score (nSPS) is 16.1. The van der Waals surface area contributed by atoms with Crippen LogP contribution < -0.4 is 15.0 Å². The van der Waals surface area contributed by atoms with Gasteiger partial charge in [-0.15, -0.1) is 0 Å². The molecule has 2 aliphatic heterocycles. The molecule has 1 fully saturated rings. The van der Waals surface area contributed by atoms with Crippen molar-refractivity contribution in [2.75, 3.05) is 26.7 Å². The molecule has 0 aliphatic carbocycles. The first-order valence-corrected chi connectivity index (χ1v) is 29.6. The Morgan fingerprint density at radius 2 is 1.32 bits per heavy atom. The Morgan fingerprint density at radius 1 is 0.728 bits per heavy atom. The number of para-hydroxylation sites is 2. The maximum absolute atomic E-state index is 13.4. The summed E-state index contributed by atoms with van der Waals surface area (Å²) < 4.78 is 15.5. The number of alkyl carbamates (subject to hydrolysis) is 1. The molecule has 0 saturated carbocycles. The van der Waals surface area contributed by atoms with Gasteiger partial charge in [-0.1, -0.05) is 137 Å². The molecule has 2 aromatic heterocycles. The number of carbonyl (C=O) groups is 3. The zero-order valence-corrected chi connectivity index (χ0v) is 49.2. The number of nitrogens with zero attached hydrogens (tertiary/aromatic N) is 5. The Labute approximate surface area is 479 Å². The number of ether oxygens (including phenoxy) is 2. The predicted molar refractivity (Wildman–Crippen MR) is 327 cm³/mol. The molecule has 0 bridgehead atoms. The van der Waals surface area contributed by atoms with Crippen molar-refractivity contribution in [3.8, 4) is 5.75 Å². The number of rotatable bonds is 18. The van der Waals surface area contributed by atoms with E-state index in [1.54, 1.807) is 27.9 Å². The van der Waals surface area contributed by atoms with E-state index in [9.17, 15) is 14.4 Å². The Kier molecular flexibility index (Phi) is 20.8. The van der Waals surface area contributed by atoms with E-state index in [2.05, 4.69) is 131 Å². The maximum Gasteiger partial charge on any atom is 0.407 e. The number of imidazole rings is 2. The number of aryl methyl sites for hydroxylation is 3. The third kappa shape index (κ3) is 16.1. The van der Waals surface area contributed by atoms with Gasteiger partial charge in [0.15, 0.2) is 0 Å². The third-order valence-corrected chi connectivity index (χ3v) is 15.5. The van der Waals surface area contributed by atoms with Gasteiger partial charge in [0.2, 0.25) is 5.91 Å². The molecule has 13 heteroatoms. The average molecular weight is 1100 g/mol. The lowest BCUT2D eigenvalue weighted by Gasteiger charge is -2.33. The lowest BCUT2D eigenvalue weighted by Crippen LogP contribution is -2.72.